The van der Waals surface area contributed by atoms with Crippen LogP contribution >= 0.6 is 11.6 Å². The van der Waals surface area contributed by atoms with Crippen molar-refractivity contribution in [2.45, 2.75) is 19.3 Å². The maximum absolute atomic E-state index is 5.99. The first-order chi connectivity index (χ1) is 16.1. The molecule has 1 aromatic heterocycles. The minimum absolute atomic E-state index is 0.706. The first-order valence-corrected chi connectivity index (χ1v) is 12.3. The van der Waals surface area contributed by atoms with Crippen molar-refractivity contribution in [2.24, 2.45) is 0 Å². The van der Waals surface area contributed by atoms with E-state index in [0.29, 0.717) is 5.02 Å². The predicted molar refractivity (Wildman–Crippen MR) is 135 cm³/mol. The topological polar surface area (TPSA) is 49.7 Å². The first kappa shape index (κ1) is 24.0. The van der Waals surface area contributed by atoms with E-state index in [2.05, 4.69) is 39.1 Å². The zero-order valence-corrected chi connectivity index (χ0v) is 20.5. The molecule has 1 aliphatic heterocycles. The van der Waals surface area contributed by atoms with Crippen molar-refractivity contribution in [3.05, 3.63) is 47.5 Å². The van der Waals surface area contributed by atoms with Gasteiger partial charge in [-0.15, -0.1) is 5.10 Å². The average Bonchev–Trinajstić information content (AvgIpc) is 3.24. The van der Waals surface area contributed by atoms with Gasteiger partial charge < -0.3 is 14.5 Å². The summed E-state index contributed by atoms with van der Waals surface area (Å²) in [5, 5.41) is 9.29. The molecule has 0 aliphatic carbocycles. The fourth-order valence-corrected chi connectivity index (χ4v) is 4.27. The van der Waals surface area contributed by atoms with Gasteiger partial charge in [0.15, 0.2) is 0 Å². The van der Waals surface area contributed by atoms with Gasteiger partial charge in [-0.2, -0.15) is 0 Å². The first-order valence-electron chi connectivity index (χ1n) is 11.9. The van der Waals surface area contributed by atoms with Crippen molar-refractivity contribution in [3.8, 4) is 11.4 Å². The predicted octanol–water partition coefficient (Wildman–Crippen LogP) is 3.80. The van der Waals surface area contributed by atoms with Gasteiger partial charge in [0.25, 0.3) is 0 Å². The molecule has 3 aromatic rings. The molecule has 178 valence electrons. The molecule has 0 amide bonds. The molecule has 1 aliphatic rings. The second-order valence-corrected chi connectivity index (χ2v) is 9.46. The standard InChI is InChI=1S/C25H35ClN6O/c1-29(2)13-14-31-17-15-30(16-18-31)12-4-3-5-19-33-23-10-11-25-24(20-23)27-28-32(25)22-8-6-21(26)7-9-22/h6-11,20H,3-5,12-19H2,1-2H3. The number of ether oxygens (including phenoxy) is 1. The molecule has 33 heavy (non-hydrogen) atoms. The van der Waals surface area contributed by atoms with E-state index in [9.17, 15) is 0 Å². The van der Waals surface area contributed by atoms with E-state index < -0.39 is 0 Å². The Morgan fingerprint density at radius 2 is 1.64 bits per heavy atom. The maximum atomic E-state index is 5.99. The molecule has 0 N–H and O–H groups in total. The summed E-state index contributed by atoms with van der Waals surface area (Å²) in [5.74, 6) is 0.847. The second-order valence-electron chi connectivity index (χ2n) is 9.02. The average molecular weight is 471 g/mol. The highest BCUT2D eigenvalue weighted by Gasteiger charge is 2.16. The van der Waals surface area contributed by atoms with E-state index in [1.165, 1.54) is 52.1 Å². The lowest BCUT2D eigenvalue weighted by atomic mass is 10.2. The molecule has 8 heteroatoms. The SMILES string of the molecule is CN(C)CCN1CCN(CCCCCOc2ccc3c(c2)nnn3-c2ccc(Cl)cc2)CC1. The Morgan fingerprint density at radius 1 is 0.909 bits per heavy atom. The maximum Gasteiger partial charge on any atom is 0.121 e. The third-order valence-electron chi connectivity index (χ3n) is 6.20. The summed E-state index contributed by atoms with van der Waals surface area (Å²) in [5.41, 5.74) is 2.71. The summed E-state index contributed by atoms with van der Waals surface area (Å²) in [6.07, 6.45) is 3.49. The fraction of sp³-hybridized carbons (Fsp3) is 0.520. The summed E-state index contributed by atoms with van der Waals surface area (Å²) >= 11 is 5.99. The fourth-order valence-electron chi connectivity index (χ4n) is 4.15. The van der Waals surface area contributed by atoms with Gasteiger partial charge in [-0.3, -0.25) is 4.90 Å². The molecule has 0 saturated carbocycles. The molecule has 1 saturated heterocycles. The molecule has 2 heterocycles. The van der Waals surface area contributed by atoms with E-state index in [4.69, 9.17) is 16.3 Å². The lowest BCUT2D eigenvalue weighted by Gasteiger charge is -2.35. The zero-order chi connectivity index (χ0) is 23.0. The Hall–Kier alpha value is -2.19. The number of hydrogen-bond acceptors (Lipinski definition) is 6. The van der Waals surface area contributed by atoms with Gasteiger partial charge in [-0.25, -0.2) is 4.68 Å². The van der Waals surface area contributed by atoms with Gasteiger partial charge >= 0.3 is 0 Å². The van der Waals surface area contributed by atoms with Gasteiger partial charge in [0, 0.05) is 50.4 Å². The normalized spacial score (nSPS) is 15.5. The minimum atomic E-state index is 0.706. The van der Waals surface area contributed by atoms with Crippen LogP contribution < -0.4 is 4.74 Å². The number of hydrogen-bond donors (Lipinski definition) is 0. The van der Waals surface area contributed by atoms with Crippen LogP contribution in [0.4, 0.5) is 0 Å². The van der Waals surface area contributed by atoms with Crippen LogP contribution in [0.25, 0.3) is 16.7 Å². The Bertz CT molecular complexity index is 998. The third kappa shape index (κ3) is 6.90. The van der Waals surface area contributed by atoms with Gasteiger partial charge in [-0.1, -0.05) is 16.8 Å². The monoisotopic (exact) mass is 470 g/mol. The highest BCUT2D eigenvalue weighted by molar-refractivity contribution is 6.30. The summed E-state index contributed by atoms with van der Waals surface area (Å²) < 4.78 is 7.80. The van der Waals surface area contributed by atoms with Crippen LogP contribution in [0.5, 0.6) is 5.75 Å². The number of benzene rings is 2. The van der Waals surface area contributed by atoms with Crippen molar-refractivity contribution in [2.75, 3.05) is 66.5 Å². The summed E-state index contributed by atoms with van der Waals surface area (Å²) in [7, 11) is 4.29. The van der Waals surface area contributed by atoms with Crippen molar-refractivity contribution in [1.29, 1.82) is 0 Å². The van der Waals surface area contributed by atoms with Crippen LogP contribution in [0.1, 0.15) is 19.3 Å². The third-order valence-corrected chi connectivity index (χ3v) is 6.46. The minimum Gasteiger partial charge on any atom is -0.494 e. The van der Waals surface area contributed by atoms with E-state index in [1.807, 2.05) is 47.1 Å². The highest BCUT2D eigenvalue weighted by Crippen LogP contribution is 2.22. The summed E-state index contributed by atoms with van der Waals surface area (Å²) in [6.45, 7) is 9.04. The van der Waals surface area contributed by atoms with Crippen LogP contribution in [0.3, 0.4) is 0 Å². The Kier molecular flexibility index (Phi) is 8.56. The number of likely N-dealkylation sites (N-methyl/N-ethyl adjacent to an activating group) is 1. The van der Waals surface area contributed by atoms with Crippen LogP contribution in [-0.4, -0.2) is 96.2 Å². The van der Waals surface area contributed by atoms with Crippen molar-refractivity contribution < 1.29 is 4.74 Å². The number of piperazine rings is 1. The zero-order valence-electron chi connectivity index (χ0n) is 19.8. The molecular weight excluding hydrogens is 436 g/mol. The molecule has 0 bridgehead atoms. The van der Waals surface area contributed by atoms with E-state index in [0.717, 1.165) is 42.0 Å². The molecule has 2 aromatic carbocycles. The molecule has 0 spiro atoms. The van der Waals surface area contributed by atoms with Crippen molar-refractivity contribution in [1.82, 2.24) is 29.7 Å². The van der Waals surface area contributed by atoms with Gasteiger partial charge in [0.2, 0.25) is 0 Å². The summed E-state index contributed by atoms with van der Waals surface area (Å²) in [4.78, 5) is 7.44. The molecule has 0 unspecified atom stereocenters. The van der Waals surface area contributed by atoms with Crippen LogP contribution in [0.2, 0.25) is 5.02 Å². The van der Waals surface area contributed by atoms with Gasteiger partial charge in [0.1, 0.15) is 11.3 Å². The molecule has 7 nitrogen and oxygen atoms in total. The van der Waals surface area contributed by atoms with Gasteiger partial charge in [0.05, 0.1) is 17.8 Å². The van der Waals surface area contributed by atoms with E-state index in [-0.39, 0.29) is 0 Å². The van der Waals surface area contributed by atoms with Crippen LogP contribution in [-0.2, 0) is 0 Å². The van der Waals surface area contributed by atoms with Crippen LogP contribution in [0.15, 0.2) is 42.5 Å². The van der Waals surface area contributed by atoms with Crippen LogP contribution in [0, 0.1) is 0 Å². The Balaban J connectivity index is 1.14. The molecule has 4 rings (SSSR count). The van der Waals surface area contributed by atoms with Crippen molar-refractivity contribution in [3.63, 3.8) is 0 Å². The quantitative estimate of drug-likeness (QED) is 0.397. The number of aromatic nitrogens is 3. The van der Waals surface area contributed by atoms with E-state index >= 15 is 0 Å². The highest BCUT2D eigenvalue weighted by atomic mass is 35.5. The smallest absolute Gasteiger partial charge is 0.121 e. The number of nitrogens with zero attached hydrogens (tertiary/aromatic N) is 6. The lowest BCUT2D eigenvalue weighted by Crippen LogP contribution is -2.48. The number of fused-ring (bicyclic) bond motifs is 1. The summed E-state index contributed by atoms with van der Waals surface area (Å²) in [6, 6.07) is 13.6. The molecule has 1 fully saturated rings. The second kappa shape index (κ2) is 11.8. The van der Waals surface area contributed by atoms with Crippen molar-refractivity contribution >= 4 is 22.6 Å². The Morgan fingerprint density at radius 3 is 2.36 bits per heavy atom. The molecule has 0 atom stereocenters. The number of unbranched alkanes of at least 4 members (excludes halogenated alkanes) is 2. The lowest BCUT2D eigenvalue weighted by molar-refractivity contribution is 0.123. The van der Waals surface area contributed by atoms with Gasteiger partial charge in [-0.05, 0) is 76.3 Å². The van der Waals surface area contributed by atoms with E-state index in [1.54, 1.807) is 0 Å². The molecular formula is C25H35ClN6O. The number of rotatable bonds is 11. The Labute approximate surface area is 201 Å². The largest absolute Gasteiger partial charge is 0.494 e. The number of halogens is 1. The molecule has 0 radical (unpaired) electrons.